The zero-order valence-corrected chi connectivity index (χ0v) is 9.91. The van der Waals surface area contributed by atoms with E-state index in [9.17, 15) is 4.39 Å². The van der Waals surface area contributed by atoms with Gasteiger partial charge >= 0.3 is 0 Å². The quantitative estimate of drug-likeness (QED) is 0.602. The van der Waals surface area contributed by atoms with Crippen LogP contribution in [0.25, 0.3) is 0 Å². The van der Waals surface area contributed by atoms with Crippen LogP contribution in [-0.2, 0) is 4.74 Å². The molecule has 0 unspecified atom stereocenters. The van der Waals surface area contributed by atoms with Gasteiger partial charge in [-0.05, 0) is 24.1 Å². The lowest BCUT2D eigenvalue weighted by Gasteiger charge is -2.07. The van der Waals surface area contributed by atoms with Gasteiger partial charge in [0.2, 0.25) is 0 Å². The second-order valence-corrected chi connectivity index (χ2v) is 4.48. The first-order valence-electron chi connectivity index (χ1n) is 4.72. The van der Waals surface area contributed by atoms with Gasteiger partial charge in [0, 0.05) is 10.3 Å². The van der Waals surface area contributed by atoms with E-state index in [1.54, 1.807) is 12.1 Å². The Bertz CT molecular complexity index is 316. The molecule has 1 aliphatic rings. The van der Waals surface area contributed by atoms with Gasteiger partial charge in [0.15, 0.2) is 0 Å². The van der Waals surface area contributed by atoms with Gasteiger partial charge in [0.05, 0.1) is 12.7 Å². The van der Waals surface area contributed by atoms with Gasteiger partial charge < -0.3 is 4.74 Å². The summed E-state index contributed by atoms with van der Waals surface area (Å²) in [5.41, 5.74) is 1.07. The minimum atomic E-state index is -0.152. The predicted molar refractivity (Wildman–Crippen MR) is 62.4 cm³/mol. The summed E-state index contributed by atoms with van der Waals surface area (Å²) in [6.07, 6.45) is 1.37. The molecule has 2 rings (SSSR count). The molecular weight excluding hydrogens is 294 g/mol. The van der Waals surface area contributed by atoms with Gasteiger partial charge in [-0.1, -0.05) is 34.7 Å². The molecule has 0 amide bonds. The first-order valence-corrected chi connectivity index (χ1v) is 6.25. The van der Waals surface area contributed by atoms with Crippen molar-refractivity contribution in [2.24, 2.45) is 0 Å². The molecule has 0 aromatic heterocycles. The summed E-state index contributed by atoms with van der Waals surface area (Å²) in [4.78, 5) is 0. The van der Waals surface area contributed by atoms with E-state index < -0.39 is 0 Å². The molecular formula is C11H12FIO. The Balaban J connectivity index is 2.09. The van der Waals surface area contributed by atoms with Crippen molar-refractivity contribution in [2.45, 2.75) is 18.4 Å². The van der Waals surface area contributed by atoms with Crippen molar-refractivity contribution in [3.8, 4) is 0 Å². The Kier molecular flexibility index (Phi) is 3.38. The number of hydrogen-bond acceptors (Lipinski definition) is 1. The molecule has 1 heterocycles. The van der Waals surface area contributed by atoms with E-state index in [4.69, 9.17) is 4.74 Å². The van der Waals surface area contributed by atoms with E-state index in [2.05, 4.69) is 22.6 Å². The first kappa shape index (κ1) is 10.4. The molecule has 0 spiro atoms. The Labute approximate surface area is 96.8 Å². The Morgan fingerprint density at radius 1 is 1.50 bits per heavy atom. The zero-order valence-electron chi connectivity index (χ0n) is 7.75. The van der Waals surface area contributed by atoms with Gasteiger partial charge in [0.1, 0.15) is 5.82 Å². The average molecular weight is 306 g/mol. The van der Waals surface area contributed by atoms with Gasteiger partial charge in [-0.2, -0.15) is 0 Å². The highest BCUT2D eigenvalue weighted by atomic mass is 127. The minimum absolute atomic E-state index is 0.152. The molecule has 1 aromatic carbocycles. The molecule has 0 saturated carbocycles. The smallest absolute Gasteiger partial charge is 0.123 e. The SMILES string of the molecule is Fc1cccc([C@@H]2CO[C@H](CI)C2)c1. The van der Waals surface area contributed by atoms with Crippen LogP contribution in [0.1, 0.15) is 17.9 Å². The average Bonchev–Trinajstić information content (AvgIpc) is 2.66. The highest BCUT2D eigenvalue weighted by Gasteiger charge is 2.25. The predicted octanol–water partition coefficient (Wildman–Crippen LogP) is 3.13. The van der Waals surface area contributed by atoms with Crippen LogP contribution in [-0.4, -0.2) is 17.1 Å². The topological polar surface area (TPSA) is 9.23 Å². The van der Waals surface area contributed by atoms with Crippen LogP contribution in [0.4, 0.5) is 4.39 Å². The lowest BCUT2D eigenvalue weighted by atomic mass is 9.97. The summed E-state index contributed by atoms with van der Waals surface area (Å²) in [5, 5.41) is 0. The number of rotatable bonds is 2. The van der Waals surface area contributed by atoms with E-state index in [1.807, 2.05) is 6.07 Å². The second-order valence-electron chi connectivity index (χ2n) is 3.60. The maximum atomic E-state index is 13.0. The molecule has 14 heavy (non-hydrogen) atoms. The molecule has 1 aromatic rings. The zero-order chi connectivity index (χ0) is 9.97. The molecule has 0 aliphatic carbocycles. The van der Waals surface area contributed by atoms with Crippen LogP contribution in [0.5, 0.6) is 0 Å². The molecule has 1 fully saturated rings. The molecule has 2 atom stereocenters. The van der Waals surface area contributed by atoms with Crippen LogP contribution >= 0.6 is 22.6 Å². The molecule has 3 heteroatoms. The van der Waals surface area contributed by atoms with Crippen LogP contribution in [0.3, 0.4) is 0 Å². The highest BCUT2D eigenvalue weighted by molar-refractivity contribution is 14.1. The molecule has 0 bridgehead atoms. The summed E-state index contributed by atoms with van der Waals surface area (Å²) >= 11 is 2.33. The van der Waals surface area contributed by atoms with Gasteiger partial charge in [-0.25, -0.2) is 4.39 Å². The molecule has 1 nitrogen and oxygen atoms in total. The highest BCUT2D eigenvalue weighted by Crippen LogP contribution is 2.30. The van der Waals surface area contributed by atoms with E-state index in [-0.39, 0.29) is 5.82 Å². The normalized spacial score (nSPS) is 26.7. The molecule has 76 valence electrons. The summed E-state index contributed by atoms with van der Waals surface area (Å²) in [5.74, 6) is 0.228. The van der Waals surface area contributed by atoms with Gasteiger partial charge in [0.25, 0.3) is 0 Å². The Morgan fingerprint density at radius 3 is 3.00 bits per heavy atom. The van der Waals surface area contributed by atoms with E-state index in [0.29, 0.717) is 12.0 Å². The maximum Gasteiger partial charge on any atom is 0.123 e. The Morgan fingerprint density at radius 2 is 2.36 bits per heavy atom. The van der Waals surface area contributed by atoms with Crippen LogP contribution in [0.15, 0.2) is 24.3 Å². The fourth-order valence-corrected chi connectivity index (χ4v) is 2.42. The maximum absolute atomic E-state index is 13.0. The van der Waals surface area contributed by atoms with Gasteiger partial charge in [-0.3, -0.25) is 0 Å². The number of halogens is 2. The van der Waals surface area contributed by atoms with E-state index in [0.717, 1.165) is 23.0 Å². The third-order valence-corrected chi connectivity index (χ3v) is 3.56. The monoisotopic (exact) mass is 306 g/mol. The lowest BCUT2D eigenvalue weighted by Crippen LogP contribution is -2.05. The number of alkyl halides is 1. The standard InChI is InChI=1S/C11H12FIO/c12-10-3-1-2-8(4-10)9-5-11(6-13)14-7-9/h1-4,9,11H,5-7H2/t9-,11-/m0/s1. The fraction of sp³-hybridized carbons (Fsp3) is 0.455. The number of ether oxygens (including phenoxy) is 1. The third kappa shape index (κ3) is 2.25. The van der Waals surface area contributed by atoms with Crippen molar-refractivity contribution < 1.29 is 9.13 Å². The van der Waals surface area contributed by atoms with Crippen LogP contribution in [0, 0.1) is 5.82 Å². The second kappa shape index (κ2) is 4.57. The Hall–Kier alpha value is -0.160. The van der Waals surface area contributed by atoms with Gasteiger partial charge in [-0.15, -0.1) is 0 Å². The molecule has 0 radical (unpaired) electrons. The van der Waals surface area contributed by atoms with Crippen molar-refractivity contribution in [3.05, 3.63) is 35.6 Å². The van der Waals surface area contributed by atoms with Crippen LogP contribution < -0.4 is 0 Å². The van der Waals surface area contributed by atoms with Crippen molar-refractivity contribution in [1.82, 2.24) is 0 Å². The summed E-state index contributed by atoms with van der Waals surface area (Å²) < 4.78 is 19.6. The molecule has 1 saturated heterocycles. The fourth-order valence-electron chi connectivity index (χ4n) is 1.81. The van der Waals surface area contributed by atoms with E-state index >= 15 is 0 Å². The first-order chi connectivity index (χ1) is 6.79. The number of benzene rings is 1. The lowest BCUT2D eigenvalue weighted by molar-refractivity contribution is 0.129. The molecule has 1 aliphatic heterocycles. The summed E-state index contributed by atoms with van der Waals surface area (Å²) in [6, 6.07) is 6.84. The van der Waals surface area contributed by atoms with Crippen molar-refractivity contribution in [1.29, 1.82) is 0 Å². The largest absolute Gasteiger partial charge is 0.377 e. The van der Waals surface area contributed by atoms with E-state index in [1.165, 1.54) is 6.07 Å². The third-order valence-electron chi connectivity index (χ3n) is 2.57. The summed E-state index contributed by atoms with van der Waals surface area (Å²) in [6.45, 7) is 0.733. The van der Waals surface area contributed by atoms with Crippen molar-refractivity contribution >= 4 is 22.6 Å². The van der Waals surface area contributed by atoms with Crippen molar-refractivity contribution in [3.63, 3.8) is 0 Å². The van der Waals surface area contributed by atoms with Crippen LogP contribution in [0.2, 0.25) is 0 Å². The minimum Gasteiger partial charge on any atom is -0.377 e. The van der Waals surface area contributed by atoms with Crippen molar-refractivity contribution in [2.75, 3.05) is 11.0 Å². The molecule has 0 N–H and O–H groups in total. The summed E-state index contributed by atoms with van der Waals surface area (Å²) in [7, 11) is 0. The number of hydrogen-bond donors (Lipinski definition) is 0.